The quantitative estimate of drug-likeness (QED) is 0.302. The molecule has 0 bridgehead atoms. The molecule has 2 aliphatic carbocycles. The normalized spacial score (nSPS) is 28.7. The van der Waals surface area contributed by atoms with Gasteiger partial charge in [-0.05, 0) is 33.0 Å². The van der Waals surface area contributed by atoms with Crippen molar-refractivity contribution in [3.05, 3.63) is 51.6 Å². The number of ketones is 3. The Morgan fingerprint density at radius 1 is 1.10 bits per heavy atom. The van der Waals surface area contributed by atoms with Gasteiger partial charge in [-0.25, -0.2) is 0 Å². The summed E-state index contributed by atoms with van der Waals surface area (Å²) in [5.41, 5.74) is -2.90. The first-order valence-electron chi connectivity index (χ1n) is 14.2. The average molecular weight is 584 g/mol. The van der Waals surface area contributed by atoms with Crippen LogP contribution >= 0.6 is 0 Å². The second-order valence-corrected chi connectivity index (χ2v) is 11.3. The van der Waals surface area contributed by atoms with Crippen LogP contribution in [0.2, 0.25) is 0 Å². The number of carbonyl (C=O) groups excluding carboxylic acids is 3. The molecular weight excluding hydrogens is 546 g/mol. The first-order chi connectivity index (χ1) is 19.9. The summed E-state index contributed by atoms with van der Waals surface area (Å²) >= 11 is 0. The highest BCUT2D eigenvalue weighted by atomic mass is 16.7. The van der Waals surface area contributed by atoms with Crippen LogP contribution in [0.5, 0.6) is 17.2 Å². The van der Waals surface area contributed by atoms with Crippen LogP contribution in [0.25, 0.3) is 0 Å². The third-order valence-electron chi connectivity index (χ3n) is 9.00. The van der Waals surface area contributed by atoms with Crippen molar-refractivity contribution in [3.8, 4) is 17.2 Å². The molecule has 3 aliphatic rings. The summed E-state index contributed by atoms with van der Waals surface area (Å²) < 4.78 is 17.6. The van der Waals surface area contributed by atoms with E-state index in [1.54, 1.807) is 6.92 Å². The first kappa shape index (κ1) is 30.1. The Kier molecular flexibility index (Phi) is 7.92. The van der Waals surface area contributed by atoms with E-state index in [1.165, 1.54) is 32.2 Å². The number of nitrogens with zero attached hydrogens (tertiary/aromatic N) is 1. The highest BCUT2D eigenvalue weighted by molar-refractivity contribution is 6.31. The van der Waals surface area contributed by atoms with Crippen molar-refractivity contribution >= 4 is 17.3 Å². The predicted octanol–water partition coefficient (Wildman–Crippen LogP) is 2.41. The van der Waals surface area contributed by atoms with Gasteiger partial charge in [0.1, 0.15) is 22.8 Å². The van der Waals surface area contributed by atoms with E-state index in [9.17, 15) is 34.8 Å². The van der Waals surface area contributed by atoms with Crippen molar-refractivity contribution in [1.82, 2.24) is 4.90 Å². The van der Waals surface area contributed by atoms with E-state index in [1.807, 2.05) is 13.8 Å². The van der Waals surface area contributed by atoms with Gasteiger partial charge in [0.25, 0.3) is 0 Å². The number of Topliss-reactive ketones (excluding diaryl/α,β-unsaturated/α-hetero) is 1. The van der Waals surface area contributed by atoms with Gasteiger partial charge in [-0.1, -0.05) is 26.0 Å². The van der Waals surface area contributed by atoms with Gasteiger partial charge in [0.2, 0.25) is 5.78 Å². The van der Waals surface area contributed by atoms with Crippen molar-refractivity contribution < 1.29 is 49.0 Å². The number of phenols is 2. The van der Waals surface area contributed by atoms with Gasteiger partial charge in [0, 0.05) is 42.0 Å². The topological polar surface area (TPSA) is 163 Å². The number of likely N-dealkylation sites (N-methyl/N-ethyl adjacent to an activating group) is 1. The van der Waals surface area contributed by atoms with Gasteiger partial charge in [0.15, 0.2) is 17.9 Å². The highest BCUT2D eigenvalue weighted by Crippen LogP contribution is 2.52. The number of aliphatic hydroxyl groups excluding tert-OH is 1. The van der Waals surface area contributed by atoms with E-state index >= 15 is 0 Å². The minimum atomic E-state index is -1.99. The number of hydrogen-bond acceptors (Lipinski definition) is 11. The number of fused-ring (bicyclic) bond motifs is 3. The molecule has 0 radical (unpaired) electrons. The van der Waals surface area contributed by atoms with E-state index in [4.69, 9.17) is 14.2 Å². The molecule has 1 fully saturated rings. The zero-order chi connectivity index (χ0) is 30.7. The molecule has 2 aromatic rings. The van der Waals surface area contributed by atoms with Gasteiger partial charge in [0.05, 0.1) is 42.1 Å². The van der Waals surface area contributed by atoms with Gasteiger partial charge in [-0.15, -0.1) is 0 Å². The Hall–Kier alpha value is -3.35. The lowest BCUT2D eigenvalue weighted by molar-refractivity contribution is -0.258. The molecule has 1 heterocycles. The lowest BCUT2D eigenvalue weighted by Gasteiger charge is -2.45. The number of methoxy groups -OCH3 is 1. The van der Waals surface area contributed by atoms with E-state index in [2.05, 4.69) is 4.90 Å². The maximum absolute atomic E-state index is 13.8. The molecule has 0 aromatic heterocycles. The zero-order valence-corrected chi connectivity index (χ0v) is 24.3. The molecule has 6 atom stereocenters. The number of carbonyl (C=O) groups is 3. The minimum Gasteiger partial charge on any atom is -0.507 e. The van der Waals surface area contributed by atoms with Crippen molar-refractivity contribution in [2.75, 3.05) is 20.2 Å². The third-order valence-corrected chi connectivity index (χ3v) is 9.00. The molecule has 226 valence electrons. The SMILES string of the molecule is CCN(CC)[C@H]1C[C@H](O[C@H]2C[C@](O)(C(C)=O)Cc3c(O)c4c(c(O)c32)C(=O)c2c(OC)cccc2C4=O)O[C@@H](C)[C@H]1O. The second-order valence-electron chi connectivity index (χ2n) is 11.3. The molecule has 0 spiro atoms. The van der Waals surface area contributed by atoms with Gasteiger partial charge < -0.3 is 34.6 Å². The maximum atomic E-state index is 13.8. The molecule has 11 nitrogen and oxygen atoms in total. The minimum absolute atomic E-state index is 0.00145. The number of rotatable bonds is 7. The van der Waals surface area contributed by atoms with Crippen LogP contribution < -0.4 is 4.74 Å². The van der Waals surface area contributed by atoms with Crippen molar-refractivity contribution in [2.45, 2.75) is 83.2 Å². The Morgan fingerprint density at radius 2 is 1.76 bits per heavy atom. The standard InChI is InChI=1S/C31H37NO10/c1-6-32(7-2)18-11-21(41-14(3)26(18)34)42-20-13-31(39,15(4)33)12-17-23(20)30(38)25-24(28(17)36)27(35)16-9-8-10-19(40-5)22(16)29(25)37/h8-10,14,18,20-21,26,34,36,38-39H,6-7,11-13H2,1-5H3/t14-,18-,20-,21-,26+,31-/m0/s1. The van der Waals surface area contributed by atoms with Gasteiger partial charge >= 0.3 is 0 Å². The Morgan fingerprint density at radius 3 is 2.38 bits per heavy atom. The molecule has 0 saturated carbocycles. The molecule has 11 heteroatoms. The summed E-state index contributed by atoms with van der Waals surface area (Å²) in [5, 5.41) is 45.3. The fraction of sp³-hybridized carbons (Fsp3) is 0.516. The van der Waals surface area contributed by atoms with E-state index in [-0.39, 0.29) is 46.9 Å². The number of phenolic OH excluding ortho intramolecular Hbond substituents is 2. The van der Waals surface area contributed by atoms with Crippen molar-refractivity contribution in [1.29, 1.82) is 0 Å². The summed E-state index contributed by atoms with van der Waals surface area (Å²) in [7, 11) is 1.35. The molecule has 42 heavy (non-hydrogen) atoms. The molecule has 0 unspecified atom stereocenters. The van der Waals surface area contributed by atoms with Gasteiger partial charge in [-0.3, -0.25) is 19.3 Å². The van der Waals surface area contributed by atoms with Crippen LogP contribution in [-0.4, -0.2) is 93.0 Å². The fourth-order valence-corrected chi connectivity index (χ4v) is 6.66. The largest absolute Gasteiger partial charge is 0.507 e. The van der Waals surface area contributed by atoms with Crippen LogP contribution in [0, 0.1) is 0 Å². The van der Waals surface area contributed by atoms with Crippen LogP contribution in [0.3, 0.4) is 0 Å². The third kappa shape index (κ3) is 4.60. The molecule has 0 amide bonds. The monoisotopic (exact) mass is 583 g/mol. The molecule has 2 aromatic carbocycles. The zero-order valence-electron chi connectivity index (χ0n) is 24.3. The fourth-order valence-electron chi connectivity index (χ4n) is 6.66. The molecular formula is C31H37NO10. The smallest absolute Gasteiger partial charge is 0.202 e. The summed E-state index contributed by atoms with van der Waals surface area (Å²) in [6.07, 6.45) is -3.98. The average Bonchev–Trinajstić information content (AvgIpc) is 2.95. The lowest BCUT2D eigenvalue weighted by Crippen LogP contribution is -2.55. The highest BCUT2D eigenvalue weighted by Gasteiger charge is 2.49. The van der Waals surface area contributed by atoms with E-state index in [0.29, 0.717) is 13.1 Å². The summed E-state index contributed by atoms with van der Waals surface area (Å²) in [5.74, 6) is -3.06. The van der Waals surface area contributed by atoms with E-state index in [0.717, 1.165) is 0 Å². The Labute approximate surface area is 243 Å². The number of ether oxygens (including phenoxy) is 3. The Balaban J connectivity index is 1.64. The van der Waals surface area contributed by atoms with Crippen molar-refractivity contribution in [2.24, 2.45) is 0 Å². The molecule has 1 aliphatic heterocycles. The second kappa shape index (κ2) is 11.1. The summed E-state index contributed by atoms with van der Waals surface area (Å²) in [6, 6.07) is 4.18. The van der Waals surface area contributed by atoms with Crippen molar-refractivity contribution in [3.63, 3.8) is 0 Å². The Bertz CT molecular complexity index is 1450. The predicted molar refractivity (Wildman–Crippen MR) is 149 cm³/mol. The number of aromatic hydroxyl groups is 2. The van der Waals surface area contributed by atoms with Gasteiger partial charge in [-0.2, -0.15) is 0 Å². The van der Waals surface area contributed by atoms with Crippen LogP contribution in [-0.2, 0) is 20.7 Å². The van der Waals surface area contributed by atoms with Crippen LogP contribution in [0.1, 0.15) is 89.6 Å². The number of aliphatic hydroxyl groups is 2. The number of benzene rings is 2. The summed E-state index contributed by atoms with van der Waals surface area (Å²) in [6.45, 7) is 8.23. The maximum Gasteiger partial charge on any atom is 0.202 e. The first-order valence-corrected chi connectivity index (χ1v) is 14.2. The van der Waals surface area contributed by atoms with E-state index < -0.39 is 76.6 Å². The molecule has 4 N–H and O–H groups in total. The molecule has 1 saturated heterocycles. The lowest BCUT2D eigenvalue weighted by atomic mass is 9.72. The van der Waals surface area contributed by atoms with Crippen LogP contribution in [0.15, 0.2) is 18.2 Å². The molecule has 5 rings (SSSR count). The van der Waals surface area contributed by atoms with Crippen LogP contribution in [0.4, 0.5) is 0 Å². The summed E-state index contributed by atoms with van der Waals surface area (Å²) in [4.78, 5) is 42.1. The number of hydrogen-bond donors (Lipinski definition) is 4.